The zero-order valence-corrected chi connectivity index (χ0v) is 11.0. The topological polar surface area (TPSA) is 48.1 Å². The Morgan fingerprint density at radius 3 is 2.71 bits per heavy atom. The summed E-state index contributed by atoms with van der Waals surface area (Å²) < 4.78 is 0. The second-order valence-electron chi connectivity index (χ2n) is 4.33. The van der Waals surface area contributed by atoms with Crippen LogP contribution in [-0.2, 0) is 6.54 Å². The van der Waals surface area contributed by atoms with E-state index in [0.717, 1.165) is 31.7 Å². The molecular formula is C13H23N3O. The number of likely N-dealkylation sites (N-methyl/N-ethyl adjacent to an activating group) is 1. The molecule has 0 aliphatic carbocycles. The van der Waals surface area contributed by atoms with Crippen molar-refractivity contribution in [1.82, 2.24) is 15.2 Å². The van der Waals surface area contributed by atoms with Gasteiger partial charge in [-0.05, 0) is 31.6 Å². The number of pyridine rings is 1. The first-order valence-electron chi connectivity index (χ1n) is 6.29. The maximum Gasteiger partial charge on any atom is 0.248 e. The normalized spacial score (nSPS) is 12.9. The van der Waals surface area contributed by atoms with Crippen molar-refractivity contribution in [3.05, 3.63) is 34.2 Å². The number of H-pyrrole nitrogens is 1. The van der Waals surface area contributed by atoms with Crippen LogP contribution in [0.4, 0.5) is 0 Å². The smallest absolute Gasteiger partial charge is 0.248 e. The molecule has 1 aromatic rings. The van der Waals surface area contributed by atoms with Gasteiger partial charge >= 0.3 is 0 Å². The summed E-state index contributed by atoms with van der Waals surface area (Å²) >= 11 is 0. The van der Waals surface area contributed by atoms with Gasteiger partial charge in [0.15, 0.2) is 0 Å². The fraction of sp³-hybridized carbons (Fsp3) is 0.615. The molecule has 4 nitrogen and oxygen atoms in total. The van der Waals surface area contributed by atoms with Gasteiger partial charge in [0.1, 0.15) is 0 Å². The van der Waals surface area contributed by atoms with E-state index < -0.39 is 0 Å². The fourth-order valence-corrected chi connectivity index (χ4v) is 1.82. The lowest BCUT2D eigenvalue weighted by Gasteiger charge is -2.23. The molecule has 4 heteroatoms. The summed E-state index contributed by atoms with van der Waals surface area (Å²) in [5, 5.41) is 3.43. The third-order valence-electron chi connectivity index (χ3n) is 2.92. The molecule has 1 rings (SSSR count). The summed E-state index contributed by atoms with van der Waals surface area (Å²) in [6, 6.07) is 3.99. The highest BCUT2D eigenvalue weighted by atomic mass is 16.1. The van der Waals surface area contributed by atoms with Crippen molar-refractivity contribution in [3.8, 4) is 0 Å². The molecule has 96 valence electrons. The molecule has 2 N–H and O–H groups in total. The maximum atomic E-state index is 11.1. The van der Waals surface area contributed by atoms with E-state index in [4.69, 9.17) is 0 Å². The van der Waals surface area contributed by atoms with Gasteiger partial charge in [0.25, 0.3) is 0 Å². The molecule has 0 saturated heterocycles. The zero-order chi connectivity index (χ0) is 12.7. The van der Waals surface area contributed by atoms with E-state index in [1.807, 2.05) is 6.07 Å². The molecule has 0 aliphatic rings. The molecule has 0 spiro atoms. The first-order valence-corrected chi connectivity index (χ1v) is 6.29. The first-order chi connectivity index (χ1) is 8.15. The molecule has 0 saturated carbocycles. The number of hydrogen-bond acceptors (Lipinski definition) is 3. The van der Waals surface area contributed by atoms with Crippen LogP contribution in [0.2, 0.25) is 0 Å². The summed E-state index contributed by atoms with van der Waals surface area (Å²) in [5.41, 5.74) is 0.987. The van der Waals surface area contributed by atoms with Crippen LogP contribution in [0.15, 0.2) is 23.1 Å². The predicted octanol–water partition coefficient (Wildman–Crippen LogP) is 1.19. The molecule has 1 atom stereocenters. The molecular weight excluding hydrogens is 214 g/mol. The van der Waals surface area contributed by atoms with Crippen LogP contribution in [0.1, 0.15) is 26.3 Å². The van der Waals surface area contributed by atoms with Crippen molar-refractivity contribution in [3.63, 3.8) is 0 Å². The van der Waals surface area contributed by atoms with Gasteiger partial charge in [-0.25, -0.2) is 0 Å². The second-order valence-corrected chi connectivity index (χ2v) is 4.33. The minimum atomic E-state index is -0.0410. The van der Waals surface area contributed by atoms with Crippen LogP contribution >= 0.6 is 0 Å². The highest BCUT2D eigenvalue weighted by Gasteiger charge is 2.06. The Kier molecular flexibility index (Phi) is 5.94. The summed E-state index contributed by atoms with van der Waals surface area (Å²) in [5.74, 6) is 0. The molecule has 0 radical (unpaired) electrons. The molecule has 0 fully saturated rings. The third-order valence-corrected chi connectivity index (χ3v) is 2.92. The fourth-order valence-electron chi connectivity index (χ4n) is 1.82. The Hall–Kier alpha value is -1.13. The third kappa shape index (κ3) is 5.15. The van der Waals surface area contributed by atoms with Crippen molar-refractivity contribution in [2.45, 2.75) is 33.4 Å². The van der Waals surface area contributed by atoms with Crippen molar-refractivity contribution in [1.29, 1.82) is 0 Å². The number of aromatic amines is 1. The van der Waals surface area contributed by atoms with E-state index in [9.17, 15) is 4.79 Å². The van der Waals surface area contributed by atoms with Gasteiger partial charge in [-0.3, -0.25) is 4.79 Å². The lowest BCUT2D eigenvalue weighted by molar-refractivity contribution is 0.270. The molecule has 0 aliphatic heterocycles. The standard InChI is InChI=1S/C13H23N3O/c1-4-16(5-2)10-11(3)15-9-12-6-7-14-13(17)8-12/h6-8,11,15H,4-5,9-10H2,1-3H3,(H,14,17). The Balaban J connectivity index is 2.37. The second kappa shape index (κ2) is 7.25. The summed E-state index contributed by atoms with van der Waals surface area (Å²) in [7, 11) is 0. The van der Waals surface area contributed by atoms with Crippen molar-refractivity contribution < 1.29 is 0 Å². The average molecular weight is 237 g/mol. The number of aromatic nitrogens is 1. The van der Waals surface area contributed by atoms with Crippen LogP contribution in [0.25, 0.3) is 0 Å². The number of nitrogens with zero attached hydrogens (tertiary/aromatic N) is 1. The molecule has 0 aromatic carbocycles. The molecule has 1 aromatic heterocycles. The van der Waals surface area contributed by atoms with Crippen LogP contribution in [0, 0.1) is 0 Å². The largest absolute Gasteiger partial charge is 0.329 e. The van der Waals surface area contributed by atoms with Gasteiger partial charge in [0.2, 0.25) is 5.56 Å². The Morgan fingerprint density at radius 1 is 1.41 bits per heavy atom. The monoisotopic (exact) mass is 237 g/mol. The lowest BCUT2D eigenvalue weighted by Crippen LogP contribution is -2.38. The molecule has 0 amide bonds. The number of hydrogen-bond donors (Lipinski definition) is 2. The molecule has 1 heterocycles. The SMILES string of the molecule is CCN(CC)CC(C)NCc1cc[nH]c(=O)c1. The van der Waals surface area contributed by atoms with Crippen molar-refractivity contribution >= 4 is 0 Å². The van der Waals surface area contributed by atoms with Gasteiger partial charge in [0.05, 0.1) is 0 Å². The number of nitrogens with one attached hydrogen (secondary N) is 2. The van der Waals surface area contributed by atoms with E-state index in [2.05, 4.69) is 36.0 Å². The Labute approximate surface area is 103 Å². The zero-order valence-electron chi connectivity index (χ0n) is 11.0. The van der Waals surface area contributed by atoms with Crippen LogP contribution in [0.5, 0.6) is 0 Å². The van der Waals surface area contributed by atoms with E-state index in [-0.39, 0.29) is 5.56 Å². The van der Waals surface area contributed by atoms with Crippen molar-refractivity contribution in [2.75, 3.05) is 19.6 Å². The van der Waals surface area contributed by atoms with Gasteiger partial charge < -0.3 is 15.2 Å². The molecule has 0 bridgehead atoms. The van der Waals surface area contributed by atoms with E-state index in [0.29, 0.717) is 6.04 Å². The van der Waals surface area contributed by atoms with E-state index in [1.165, 1.54) is 0 Å². The minimum Gasteiger partial charge on any atom is -0.329 e. The maximum absolute atomic E-state index is 11.1. The average Bonchev–Trinajstić information content (AvgIpc) is 2.33. The summed E-state index contributed by atoms with van der Waals surface area (Å²) in [6.45, 7) is 10.5. The van der Waals surface area contributed by atoms with Crippen LogP contribution in [-0.4, -0.2) is 35.6 Å². The van der Waals surface area contributed by atoms with Gasteiger partial charge in [-0.15, -0.1) is 0 Å². The Bertz CT molecular complexity index is 371. The summed E-state index contributed by atoms with van der Waals surface area (Å²) in [6.07, 6.45) is 1.69. The van der Waals surface area contributed by atoms with Gasteiger partial charge in [-0.2, -0.15) is 0 Å². The summed E-state index contributed by atoms with van der Waals surface area (Å²) in [4.78, 5) is 16.1. The Morgan fingerprint density at radius 2 is 2.12 bits per heavy atom. The highest BCUT2D eigenvalue weighted by Crippen LogP contribution is 1.96. The lowest BCUT2D eigenvalue weighted by atomic mass is 10.2. The van der Waals surface area contributed by atoms with Gasteiger partial charge in [-0.1, -0.05) is 13.8 Å². The predicted molar refractivity (Wildman–Crippen MR) is 71.2 cm³/mol. The quantitative estimate of drug-likeness (QED) is 0.749. The first kappa shape index (κ1) is 13.9. The molecule has 1 unspecified atom stereocenters. The highest BCUT2D eigenvalue weighted by molar-refractivity contribution is 5.09. The van der Waals surface area contributed by atoms with Crippen LogP contribution in [0.3, 0.4) is 0 Å². The van der Waals surface area contributed by atoms with Crippen LogP contribution < -0.4 is 10.9 Å². The van der Waals surface area contributed by atoms with Crippen molar-refractivity contribution in [2.24, 2.45) is 0 Å². The molecule has 17 heavy (non-hydrogen) atoms. The van der Waals surface area contributed by atoms with Gasteiger partial charge in [0, 0.05) is 31.4 Å². The number of rotatable bonds is 7. The van der Waals surface area contributed by atoms with E-state index in [1.54, 1.807) is 12.3 Å². The van der Waals surface area contributed by atoms with E-state index >= 15 is 0 Å². The minimum absolute atomic E-state index is 0.0410.